The van der Waals surface area contributed by atoms with Crippen LogP contribution in [0, 0.1) is 5.41 Å². The number of aliphatic hydroxyl groups excluding tert-OH is 1. The summed E-state index contributed by atoms with van der Waals surface area (Å²) in [4.78, 5) is 6.59. The fourth-order valence-electron chi connectivity index (χ4n) is 2.94. The lowest BCUT2D eigenvalue weighted by atomic mass is 10.2. The van der Waals surface area contributed by atoms with E-state index in [0.717, 1.165) is 17.7 Å². The van der Waals surface area contributed by atoms with Gasteiger partial charge in [-0.25, -0.2) is 4.98 Å². The van der Waals surface area contributed by atoms with E-state index in [1.54, 1.807) is 0 Å². The molecule has 2 unspecified atom stereocenters. The Balaban J connectivity index is 1.95. The molecule has 24 heavy (non-hydrogen) atoms. The topological polar surface area (TPSA) is 60.2 Å². The number of aromatic nitrogens is 1. The van der Waals surface area contributed by atoms with E-state index < -0.39 is 0 Å². The van der Waals surface area contributed by atoms with Gasteiger partial charge in [-0.05, 0) is 32.4 Å². The average Bonchev–Trinajstić information content (AvgIpc) is 3.12. The molecule has 4 nitrogen and oxygen atoms in total. The van der Waals surface area contributed by atoms with E-state index >= 15 is 0 Å². The molecule has 1 aliphatic heterocycles. The predicted molar refractivity (Wildman–Crippen MR) is 101 cm³/mol. The van der Waals surface area contributed by atoms with Gasteiger partial charge in [-0.15, -0.1) is 11.3 Å². The molecule has 1 aliphatic rings. The molecule has 0 amide bonds. The highest BCUT2D eigenvalue weighted by atomic mass is 35.5. The molecule has 0 saturated heterocycles. The Kier molecular flexibility index (Phi) is 4.65. The van der Waals surface area contributed by atoms with Crippen molar-refractivity contribution in [2.75, 3.05) is 0 Å². The Bertz CT molecular complexity index is 797. The van der Waals surface area contributed by atoms with Crippen LogP contribution in [0.15, 0.2) is 35.4 Å². The molecule has 0 saturated carbocycles. The number of hydrogen-bond acceptors (Lipinski definition) is 4. The number of aliphatic hydroxyl groups is 1. The molecule has 1 aromatic heterocycles. The fourth-order valence-corrected chi connectivity index (χ4v) is 3.94. The zero-order valence-electron chi connectivity index (χ0n) is 13.9. The lowest BCUT2D eigenvalue weighted by Crippen LogP contribution is -2.40. The van der Waals surface area contributed by atoms with Gasteiger partial charge in [0.05, 0.1) is 17.3 Å². The summed E-state index contributed by atoms with van der Waals surface area (Å²) in [5, 5.41) is 22.4. The number of thiazole rings is 1. The van der Waals surface area contributed by atoms with E-state index in [9.17, 15) is 5.11 Å². The fraction of sp³-hybridized carbons (Fsp3) is 0.333. The first-order valence-corrected chi connectivity index (χ1v) is 9.22. The number of rotatable bonds is 4. The Morgan fingerprint density at radius 3 is 2.67 bits per heavy atom. The van der Waals surface area contributed by atoms with Crippen molar-refractivity contribution in [3.05, 3.63) is 45.4 Å². The standard InChI is InChI=1S/C18H20ClN3OS/c1-4-10(2)22-11(3)16(23)15(17(22)20)18-21-14(9-24-18)12-5-7-13(19)8-6-12/h5-11,20,23H,4H2,1-3H3. The Labute approximate surface area is 150 Å². The minimum absolute atomic E-state index is 0.190. The van der Waals surface area contributed by atoms with E-state index in [2.05, 4.69) is 18.8 Å². The summed E-state index contributed by atoms with van der Waals surface area (Å²) in [6, 6.07) is 7.51. The van der Waals surface area contributed by atoms with E-state index in [4.69, 9.17) is 17.0 Å². The Morgan fingerprint density at radius 1 is 1.38 bits per heavy atom. The summed E-state index contributed by atoms with van der Waals surface area (Å²) in [5.74, 6) is 0.587. The third-order valence-corrected chi connectivity index (χ3v) is 5.60. The van der Waals surface area contributed by atoms with Crippen molar-refractivity contribution in [1.82, 2.24) is 9.88 Å². The molecule has 126 valence electrons. The minimum Gasteiger partial charge on any atom is -0.509 e. The van der Waals surface area contributed by atoms with Crippen molar-refractivity contribution in [1.29, 1.82) is 5.41 Å². The molecule has 2 aromatic rings. The summed E-state index contributed by atoms with van der Waals surface area (Å²) in [6.45, 7) is 6.08. The van der Waals surface area contributed by atoms with Crippen LogP contribution in [0.5, 0.6) is 0 Å². The number of hydrogen-bond donors (Lipinski definition) is 2. The third kappa shape index (κ3) is 2.82. The number of nitrogens with zero attached hydrogens (tertiary/aromatic N) is 2. The summed E-state index contributed by atoms with van der Waals surface area (Å²) >= 11 is 7.38. The molecule has 2 atom stereocenters. The number of halogens is 1. The lowest BCUT2D eigenvalue weighted by Gasteiger charge is -2.30. The second-order valence-corrected chi connectivity index (χ2v) is 7.29. The highest BCUT2D eigenvalue weighted by Crippen LogP contribution is 2.36. The molecule has 2 N–H and O–H groups in total. The van der Waals surface area contributed by atoms with E-state index in [1.807, 2.05) is 41.5 Å². The van der Waals surface area contributed by atoms with Crippen LogP contribution in [-0.2, 0) is 0 Å². The van der Waals surface area contributed by atoms with Crippen molar-refractivity contribution in [3.8, 4) is 11.3 Å². The van der Waals surface area contributed by atoms with Gasteiger partial charge in [-0.3, -0.25) is 5.41 Å². The number of amidine groups is 1. The molecule has 1 aromatic carbocycles. The maximum Gasteiger partial charge on any atom is 0.135 e. The van der Waals surface area contributed by atoms with Gasteiger partial charge >= 0.3 is 0 Å². The third-order valence-electron chi connectivity index (χ3n) is 4.49. The monoisotopic (exact) mass is 361 g/mol. The largest absolute Gasteiger partial charge is 0.509 e. The molecule has 3 rings (SSSR count). The van der Waals surface area contributed by atoms with Gasteiger partial charge in [0.25, 0.3) is 0 Å². The zero-order valence-corrected chi connectivity index (χ0v) is 15.4. The summed E-state index contributed by atoms with van der Waals surface area (Å²) < 4.78 is 0. The first-order valence-electron chi connectivity index (χ1n) is 7.96. The van der Waals surface area contributed by atoms with Gasteiger partial charge in [-0.2, -0.15) is 0 Å². The Morgan fingerprint density at radius 2 is 2.04 bits per heavy atom. The molecule has 0 fully saturated rings. The van der Waals surface area contributed by atoms with Crippen LogP contribution < -0.4 is 0 Å². The van der Waals surface area contributed by atoms with Gasteiger partial charge in [0, 0.05) is 22.0 Å². The molecule has 0 bridgehead atoms. The van der Waals surface area contributed by atoms with Crippen LogP contribution in [0.1, 0.15) is 32.2 Å². The normalized spacial score (nSPS) is 19.2. The van der Waals surface area contributed by atoms with Gasteiger partial charge in [0.15, 0.2) is 0 Å². The molecule has 0 radical (unpaired) electrons. The van der Waals surface area contributed by atoms with Gasteiger partial charge in [-0.1, -0.05) is 30.7 Å². The smallest absolute Gasteiger partial charge is 0.135 e. The van der Waals surface area contributed by atoms with Crippen LogP contribution in [0.2, 0.25) is 5.02 Å². The van der Waals surface area contributed by atoms with Crippen molar-refractivity contribution in [3.63, 3.8) is 0 Å². The molecule has 0 spiro atoms. The molecular weight excluding hydrogens is 342 g/mol. The highest BCUT2D eigenvalue weighted by molar-refractivity contribution is 7.11. The van der Waals surface area contributed by atoms with Gasteiger partial charge in [0.2, 0.25) is 0 Å². The SMILES string of the molecule is CCC(C)N1C(=N)C(c2nc(-c3ccc(Cl)cc3)cs2)=C(O)C1C. The van der Waals surface area contributed by atoms with Crippen LogP contribution in [-0.4, -0.2) is 32.9 Å². The second-order valence-electron chi connectivity index (χ2n) is 5.99. The lowest BCUT2D eigenvalue weighted by molar-refractivity contribution is 0.239. The average molecular weight is 362 g/mol. The van der Waals surface area contributed by atoms with Crippen LogP contribution >= 0.6 is 22.9 Å². The quantitative estimate of drug-likeness (QED) is 0.785. The van der Waals surface area contributed by atoms with E-state index in [-0.39, 0.29) is 17.8 Å². The van der Waals surface area contributed by atoms with E-state index in [0.29, 0.717) is 21.4 Å². The highest BCUT2D eigenvalue weighted by Gasteiger charge is 2.38. The molecule has 6 heteroatoms. The van der Waals surface area contributed by atoms with Crippen molar-refractivity contribution < 1.29 is 5.11 Å². The van der Waals surface area contributed by atoms with Crippen LogP contribution in [0.25, 0.3) is 16.8 Å². The predicted octanol–water partition coefficient (Wildman–Crippen LogP) is 5.21. The van der Waals surface area contributed by atoms with Crippen LogP contribution in [0.3, 0.4) is 0 Å². The molecular formula is C18H20ClN3OS. The summed E-state index contributed by atoms with van der Waals surface area (Å²) in [6.07, 6.45) is 0.918. The zero-order chi connectivity index (χ0) is 17.4. The number of nitrogens with one attached hydrogen (secondary N) is 1. The van der Waals surface area contributed by atoms with Gasteiger partial charge in [0.1, 0.15) is 16.6 Å². The summed E-state index contributed by atoms with van der Waals surface area (Å²) in [7, 11) is 0. The van der Waals surface area contributed by atoms with E-state index in [1.165, 1.54) is 11.3 Å². The van der Waals surface area contributed by atoms with Crippen LogP contribution in [0.4, 0.5) is 0 Å². The number of benzene rings is 1. The molecule has 0 aliphatic carbocycles. The van der Waals surface area contributed by atoms with Crippen molar-refractivity contribution >= 4 is 34.3 Å². The minimum atomic E-state index is -0.190. The maximum atomic E-state index is 10.6. The summed E-state index contributed by atoms with van der Waals surface area (Å²) in [5.41, 5.74) is 2.35. The van der Waals surface area contributed by atoms with Crippen molar-refractivity contribution in [2.45, 2.75) is 39.3 Å². The molecule has 2 heterocycles. The van der Waals surface area contributed by atoms with Crippen molar-refractivity contribution in [2.24, 2.45) is 0 Å². The first-order chi connectivity index (χ1) is 11.4. The first kappa shape index (κ1) is 17.0. The Hall–Kier alpha value is -1.85. The maximum absolute atomic E-state index is 10.6. The van der Waals surface area contributed by atoms with Gasteiger partial charge < -0.3 is 10.0 Å². The second kappa shape index (κ2) is 6.57.